The highest BCUT2D eigenvalue weighted by Gasteiger charge is 2.38. The minimum atomic E-state index is 0.411. The van der Waals surface area contributed by atoms with Crippen molar-refractivity contribution in [3.05, 3.63) is 77.4 Å². The fourth-order valence-electron chi connectivity index (χ4n) is 4.12. The molecule has 1 heterocycles. The van der Waals surface area contributed by atoms with Crippen LogP contribution in [0, 0.1) is 5.92 Å². The third-order valence-electron chi connectivity index (χ3n) is 5.21. The Bertz CT molecular complexity index is 699. The van der Waals surface area contributed by atoms with Gasteiger partial charge < -0.3 is 5.32 Å². The molecule has 22 heavy (non-hydrogen) atoms. The molecule has 0 radical (unpaired) electrons. The van der Waals surface area contributed by atoms with Crippen molar-refractivity contribution in [1.29, 1.82) is 0 Å². The number of allylic oxidation sites excluding steroid dienone is 2. The van der Waals surface area contributed by atoms with Crippen LogP contribution in [0.5, 0.6) is 0 Å². The molecule has 0 unspecified atom stereocenters. The quantitative estimate of drug-likeness (QED) is 0.706. The maximum Gasteiger partial charge on any atom is 0.0554 e. The van der Waals surface area contributed by atoms with Crippen LogP contribution in [0.15, 0.2) is 60.7 Å². The highest BCUT2D eigenvalue weighted by Crippen LogP contribution is 2.51. The summed E-state index contributed by atoms with van der Waals surface area (Å²) in [5.74, 6) is 1.73. The third-order valence-corrected chi connectivity index (χ3v) is 5.21. The van der Waals surface area contributed by atoms with Gasteiger partial charge in [0.25, 0.3) is 0 Å². The van der Waals surface area contributed by atoms with Crippen LogP contribution in [0.25, 0.3) is 0 Å². The van der Waals surface area contributed by atoms with Crippen LogP contribution in [0.1, 0.15) is 54.8 Å². The van der Waals surface area contributed by atoms with Gasteiger partial charge in [0.2, 0.25) is 0 Å². The van der Waals surface area contributed by atoms with Crippen molar-refractivity contribution >= 4 is 5.69 Å². The molecule has 3 atom stereocenters. The highest BCUT2D eigenvalue weighted by atomic mass is 15.0. The first-order valence-electron chi connectivity index (χ1n) is 8.36. The third kappa shape index (κ3) is 2.08. The predicted octanol–water partition coefficient (Wildman–Crippen LogP) is 5.64. The SMILES string of the molecule is CC(C)c1cccc2c1N[C@H](c1ccccc1)[C@H]1CC=C[C@H]21. The Kier molecular flexibility index (Phi) is 3.29. The zero-order chi connectivity index (χ0) is 15.1. The molecule has 1 heteroatoms. The van der Waals surface area contributed by atoms with E-state index in [0.29, 0.717) is 23.8 Å². The Hall–Kier alpha value is -2.02. The summed E-state index contributed by atoms with van der Waals surface area (Å²) in [6, 6.07) is 18.1. The summed E-state index contributed by atoms with van der Waals surface area (Å²) < 4.78 is 0. The molecule has 0 amide bonds. The Morgan fingerprint density at radius 1 is 1.00 bits per heavy atom. The molecule has 112 valence electrons. The average molecular weight is 289 g/mol. The van der Waals surface area contributed by atoms with Gasteiger partial charge in [-0.25, -0.2) is 0 Å². The second kappa shape index (κ2) is 5.31. The van der Waals surface area contributed by atoms with Crippen LogP contribution in [0.4, 0.5) is 5.69 Å². The maximum absolute atomic E-state index is 3.89. The van der Waals surface area contributed by atoms with E-state index in [9.17, 15) is 0 Å². The van der Waals surface area contributed by atoms with Crippen LogP contribution in [-0.4, -0.2) is 0 Å². The molecule has 2 aromatic rings. The molecule has 0 saturated carbocycles. The number of anilines is 1. The minimum Gasteiger partial charge on any atom is -0.377 e. The van der Waals surface area contributed by atoms with E-state index in [-0.39, 0.29) is 0 Å². The summed E-state index contributed by atoms with van der Waals surface area (Å²) in [7, 11) is 0. The second-order valence-corrected chi connectivity index (χ2v) is 6.85. The van der Waals surface area contributed by atoms with Gasteiger partial charge >= 0.3 is 0 Å². The second-order valence-electron chi connectivity index (χ2n) is 6.85. The fourth-order valence-corrected chi connectivity index (χ4v) is 4.12. The normalized spacial score (nSPS) is 25.7. The number of hydrogen-bond acceptors (Lipinski definition) is 1. The number of fused-ring (bicyclic) bond motifs is 3. The van der Waals surface area contributed by atoms with Gasteiger partial charge in [0, 0.05) is 11.6 Å². The van der Waals surface area contributed by atoms with Gasteiger partial charge in [-0.2, -0.15) is 0 Å². The standard InChI is InChI=1S/C21H23N/c1-14(2)16-10-6-13-19-17-11-7-12-18(17)20(22-21(16)19)15-8-4-3-5-9-15/h3-11,13-14,17-18,20,22H,12H2,1-2H3/t17-,18-,20+/m0/s1. The van der Waals surface area contributed by atoms with Gasteiger partial charge in [0.1, 0.15) is 0 Å². The Morgan fingerprint density at radius 2 is 1.82 bits per heavy atom. The van der Waals surface area contributed by atoms with Crippen molar-refractivity contribution in [2.24, 2.45) is 5.92 Å². The summed E-state index contributed by atoms with van der Waals surface area (Å²) >= 11 is 0. The van der Waals surface area contributed by atoms with Crippen LogP contribution in [0.3, 0.4) is 0 Å². The van der Waals surface area contributed by atoms with Gasteiger partial charge in [-0.05, 0) is 34.9 Å². The van der Waals surface area contributed by atoms with Gasteiger partial charge in [0.15, 0.2) is 0 Å². The molecular formula is C21H23N. The highest BCUT2D eigenvalue weighted by molar-refractivity contribution is 5.65. The molecule has 0 fully saturated rings. The zero-order valence-corrected chi connectivity index (χ0v) is 13.3. The number of rotatable bonds is 2. The van der Waals surface area contributed by atoms with Crippen LogP contribution in [0.2, 0.25) is 0 Å². The van der Waals surface area contributed by atoms with Crippen LogP contribution >= 0.6 is 0 Å². The molecule has 0 aromatic heterocycles. The first-order chi connectivity index (χ1) is 10.8. The molecule has 1 N–H and O–H groups in total. The summed E-state index contributed by atoms with van der Waals surface area (Å²) in [5, 5.41) is 3.89. The van der Waals surface area contributed by atoms with Crippen LogP contribution in [-0.2, 0) is 0 Å². The summed E-state index contributed by atoms with van der Waals surface area (Å²) in [4.78, 5) is 0. The molecule has 2 aliphatic rings. The topological polar surface area (TPSA) is 12.0 Å². The predicted molar refractivity (Wildman–Crippen MR) is 93.3 cm³/mol. The van der Waals surface area contributed by atoms with E-state index in [2.05, 4.69) is 79.8 Å². The summed E-state index contributed by atoms with van der Waals surface area (Å²) in [5.41, 5.74) is 5.71. The van der Waals surface area contributed by atoms with Gasteiger partial charge in [-0.15, -0.1) is 0 Å². The number of nitrogens with one attached hydrogen (secondary N) is 1. The lowest BCUT2D eigenvalue weighted by molar-refractivity contribution is 0.424. The lowest BCUT2D eigenvalue weighted by Gasteiger charge is -2.39. The monoisotopic (exact) mass is 289 g/mol. The number of para-hydroxylation sites is 1. The molecule has 1 aliphatic heterocycles. The molecule has 1 aliphatic carbocycles. The molecule has 0 bridgehead atoms. The molecule has 0 saturated heterocycles. The van der Waals surface area contributed by atoms with Gasteiger partial charge in [0.05, 0.1) is 6.04 Å². The van der Waals surface area contributed by atoms with Crippen LogP contribution < -0.4 is 5.32 Å². The van der Waals surface area contributed by atoms with Crippen molar-refractivity contribution < 1.29 is 0 Å². The number of hydrogen-bond donors (Lipinski definition) is 1. The zero-order valence-electron chi connectivity index (χ0n) is 13.3. The van der Waals surface area contributed by atoms with Crippen molar-refractivity contribution in [3.63, 3.8) is 0 Å². The van der Waals surface area contributed by atoms with E-state index >= 15 is 0 Å². The van der Waals surface area contributed by atoms with E-state index in [1.807, 2.05) is 0 Å². The molecule has 1 nitrogen and oxygen atoms in total. The van der Waals surface area contributed by atoms with E-state index in [1.54, 1.807) is 0 Å². The average Bonchev–Trinajstić information content (AvgIpc) is 3.04. The first-order valence-corrected chi connectivity index (χ1v) is 8.36. The van der Waals surface area contributed by atoms with E-state index < -0.39 is 0 Å². The maximum atomic E-state index is 3.89. The van der Waals surface area contributed by atoms with Crippen molar-refractivity contribution in [2.75, 3.05) is 5.32 Å². The lowest BCUT2D eigenvalue weighted by Crippen LogP contribution is -2.29. The molecular weight excluding hydrogens is 266 g/mol. The van der Waals surface area contributed by atoms with Crippen molar-refractivity contribution in [2.45, 2.75) is 38.1 Å². The van der Waals surface area contributed by atoms with Crippen molar-refractivity contribution in [1.82, 2.24) is 0 Å². The molecule has 2 aromatic carbocycles. The van der Waals surface area contributed by atoms with E-state index in [1.165, 1.54) is 28.8 Å². The molecule has 4 rings (SSSR count). The first kappa shape index (κ1) is 13.6. The number of benzene rings is 2. The Balaban J connectivity index is 1.84. The van der Waals surface area contributed by atoms with Gasteiger partial charge in [-0.3, -0.25) is 0 Å². The largest absolute Gasteiger partial charge is 0.377 e. The lowest BCUT2D eigenvalue weighted by atomic mass is 9.75. The minimum absolute atomic E-state index is 0.411. The summed E-state index contributed by atoms with van der Waals surface area (Å²) in [6.45, 7) is 4.57. The van der Waals surface area contributed by atoms with E-state index in [4.69, 9.17) is 0 Å². The van der Waals surface area contributed by atoms with Crippen molar-refractivity contribution in [3.8, 4) is 0 Å². The van der Waals surface area contributed by atoms with E-state index in [0.717, 1.165) is 0 Å². The Labute approximate surface area is 133 Å². The smallest absolute Gasteiger partial charge is 0.0554 e. The summed E-state index contributed by atoms with van der Waals surface area (Å²) in [6.07, 6.45) is 5.96. The Morgan fingerprint density at radius 3 is 2.59 bits per heavy atom. The van der Waals surface area contributed by atoms with Gasteiger partial charge in [-0.1, -0.05) is 74.5 Å². The fraction of sp³-hybridized carbons (Fsp3) is 0.333. The molecule has 0 spiro atoms.